The zero-order chi connectivity index (χ0) is 12.1. The molecule has 3 heteroatoms. The van der Waals surface area contributed by atoms with E-state index in [1.54, 1.807) is 0 Å². The number of rotatable bonds is 5. The van der Waals surface area contributed by atoms with Crippen LogP contribution in [0.15, 0.2) is 12.7 Å². The molecule has 1 aromatic heterocycles. The van der Waals surface area contributed by atoms with Crippen molar-refractivity contribution in [1.29, 1.82) is 0 Å². The maximum Gasteiger partial charge on any atom is 0.142 e. The van der Waals surface area contributed by atoms with E-state index < -0.39 is 0 Å². The molecule has 0 atom stereocenters. The van der Waals surface area contributed by atoms with E-state index >= 15 is 0 Å². The number of nitrogens with zero attached hydrogens (tertiary/aromatic N) is 3. The van der Waals surface area contributed by atoms with E-state index in [0.29, 0.717) is 0 Å². The van der Waals surface area contributed by atoms with Crippen molar-refractivity contribution >= 4 is 0 Å². The lowest BCUT2D eigenvalue weighted by atomic mass is 10.1. The van der Waals surface area contributed by atoms with E-state index in [9.17, 15) is 0 Å². The van der Waals surface area contributed by atoms with Gasteiger partial charge in [0, 0.05) is 11.4 Å². The summed E-state index contributed by atoms with van der Waals surface area (Å²) >= 11 is 0. The van der Waals surface area contributed by atoms with Gasteiger partial charge in [0.1, 0.15) is 5.82 Å². The monoisotopic (exact) mass is 219 g/mol. The fourth-order valence-corrected chi connectivity index (χ4v) is 1.77. The van der Waals surface area contributed by atoms with Gasteiger partial charge < -0.3 is 4.90 Å². The largest absolute Gasteiger partial charge is 0.302 e. The predicted molar refractivity (Wildman–Crippen MR) is 67.4 cm³/mol. The van der Waals surface area contributed by atoms with Crippen LogP contribution in [0.3, 0.4) is 0 Å². The van der Waals surface area contributed by atoms with Gasteiger partial charge in [-0.25, -0.2) is 9.97 Å². The molecule has 0 aliphatic carbocycles. The first-order valence-corrected chi connectivity index (χ1v) is 5.69. The zero-order valence-corrected chi connectivity index (χ0v) is 10.7. The molecule has 1 aromatic rings. The number of hydrogen-bond acceptors (Lipinski definition) is 3. The quantitative estimate of drug-likeness (QED) is 0.710. The minimum absolute atomic E-state index is 0.794. The van der Waals surface area contributed by atoms with Gasteiger partial charge in [-0.15, -0.1) is 6.58 Å². The molecule has 0 amide bonds. The minimum Gasteiger partial charge on any atom is -0.302 e. The van der Waals surface area contributed by atoms with Gasteiger partial charge in [-0.1, -0.05) is 13.0 Å². The van der Waals surface area contributed by atoms with Crippen LogP contribution in [0.5, 0.6) is 0 Å². The van der Waals surface area contributed by atoms with Gasteiger partial charge >= 0.3 is 0 Å². The summed E-state index contributed by atoms with van der Waals surface area (Å²) in [6, 6.07) is 0. The molecule has 1 heterocycles. The van der Waals surface area contributed by atoms with Crippen LogP contribution < -0.4 is 0 Å². The molecule has 0 aliphatic rings. The third-order valence-electron chi connectivity index (χ3n) is 2.49. The van der Waals surface area contributed by atoms with Gasteiger partial charge in [0.25, 0.3) is 0 Å². The standard InChI is InChI=1S/C13H21N3/c1-6-8-11-10(3)14-13(9-16(4)5)15-12(11)7-2/h6H,1,7-9H2,2-5H3. The van der Waals surface area contributed by atoms with Crippen molar-refractivity contribution in [2.24, 2.45) is 0 Å². The lowest BCUT2D eigenvalue weighted by Crippen LogP contribution is -2.16. The summed E-state index contributed by atoms with van der Waals surface area (Å²) in [6.07, 6.45) is 3.72. The highest BCUT2D eigenvalue weighted by Gasteiger charge is 2.09. The highest BCUT2D eigenvalue weighted by atomic mass is 15.1. The smallest absolute Gasteiger partial charge is 0.142 e. The van der Waals surface area contributed by atoms with Gasteiger partial charge in [0.05, 0.1) is 6.54 Å². The highest BCUT2D eigenvalue weighted by molar-refractivity contribution is 5.27. The van der Waals surface area contributed by atoms with Crippen LogP contribution in [0, 0.1) is 6.92 Å². The Morgan fingerprint density at radius 2 is 2.00 bits per heavy atom. The summed E-state index contributed by atoms with van der Waals surface area (Å²) in [7, 11) is 4.06. The van der Waals surface area contributed by atoms with Gasteiger partial charge in [-0.05, 0) is 39.4 Å². The van der Waals surface area contributed by atoms with Crippen LogP contribution in [0.25, 0.3) is 0 Å². The first-order chi connectivity index (χ1) is 7.58. The second-order valence-electron chi connectivity index (χ2n) is 4.23. The number of allylic oxidation sites excluding steroid dienone is 1. The molecule has 0 unspecified atom stereocenters. The van der Waals surface area contributed by atoms with E-state index in [1.807, 2.05) is 20.2 Å². The van der Waals surface area contributed by atoms with E-state index in [1.165, 1.54) is 5.56 Å². The van der Waals surface area contributed by atoms with Crippen molar-refractivity contribution in [3.8, 4) is 0 Å². The Morgan fingerprint density at radius 3 is 2.50 bits per heavy atom. The van der Waals surface area contributed by atoms with Gasteiger partial charge in [0.15, 0.2) is 0 Å². The molecule has 88 valence electrons. The Kier molecular flexibility index (Phi) is 4.62. The van der Waals surface area contributed by atoms with Crippen LogP contribution in [0.1, 0.15) is 29.7 Å². The van der Waals surface area contributed by atoms with Gasteiger partial charge in [0.2, 0.25) is 0 Å². The molecule has 0 N–H and O–H groups in total. The van der Waals surface area contributed by atoms with Crippen molar-refractivity contribution in [2.45, 2.75) is 33.2 Å². The third kappa shape index (κ3) is 3.14. The lowest BCUT2D eigenvalue weighted by Gasteiger charge is -2.13. The number of aromatic nitrogens is 2. The van der Waals surface area contributed by atoms with Crippen LogP contribution in [0.2, 0.25) is 0 Å². The van der Waals surface area contributed by atoms with Gasteiger partial charge in [-0.3, -0.25) is 0 Å². The SMILES string of the molecule is C=CCc1c(C)nc(CN(C)C)nc1CC. The zero-order valence-electron chi connectivity index (χ0n) is 10.7. The second-order valence-corrected chi connectivity index (χ2v) is 4.23. The summed E-state index contributed by atoms with van der Waals surface area (Å²) in [5.41, 5.74) is 3.48. The van der Waals surface area contributed by atoms with Crippen molar-refractivity contribution in [1.82, 2.24) is 14.9 Å². The Balaban J connectivity index is 3.10. The lowest BCUT2D eigenvalue weighted by molar-refractivity contribution is 0.389. The molecule has 0 aromatic carbocycles. The molecule has 3 nitrogen and oxygen atoms in total. The summed E-state index contributed by atoms with van der Waals surface area (Å²) < 4.78 is 0. The molecule has 1 rings (SSSR count). The number of aryl methyl sites for hydroxylation is 2. The minimum atomic E-state index is 0.794. The second kappa shape index (κ2) is 5.75. The summed E-state index contributed by atoms with van der Waals surface area (Å²) in [5.74, 6) is 0.909. The van der Waals surface area contributed by atoms with E-state index in [4.69, 9.17) is 0 Å². The number of hydrogen-bond donors (Lipinski definition) is 0. The normalized spacial score (nSPS) is 10.8. The maximum atomic E-state index is 4.61. The van der Waals surface area contributed by atoms with Crippen LogP contribution >= 0.6 is 0 Å². The molecule has 0 saturated heterocycles. The molecule has 16 heavy (non-hydrogen) atoms. The molecule has 0 saturated carbocycles. The van der Waals surface area contributed by atoms with E-state index in [2.05, 4.69) is 35.3 Å². The molecule has 0 radical (unpaired) electrons. The van der Waals surface area contributed by atoms with Crippen LogP contribution in [-0.4, -0.2) is 29.0 Å². The average molecular weight is 219 g/mol. The highest BCUT2D eigenvalue weighted by Crippen LogP contribution is 2.13. The van der Waals surface area contributed by atoms with Crippen molar-refractivity contribution < 1.29 is 0 Å². The van der Waals surface area contributed by atoms with Gasteiger partial charge in [-0.2, -0.15) is 0 Å². The Labute approximate surface area is 98.2 Å². The first kappa shape index (κ1) is 12.8. The maximum absolute atomic E-state index is 4.61. The average Bonchev–Trinajstić information content (AvgIpc) is 2.20. The first-order valence-electron chi connectivity index (χ1n) is 5.69. The summed E-state index contributed by atoms with van der Waals surface area (Å²) in [5, 5.41) is 0. The Hall–Kier alpha value is -1.22. The molecular weight excluding hydrogens is 198 g/mol. The fraction of sp³-hybridized carbons (Fsp3) is 0.538. The summed E-state index contributed by atoms with van der Waals surface area (Å²) in [6.45, 7) is 8.76. The molecule has 0 spiro atoms. The Morgan fingerprint density at radius 1 is 1.31 bits per heavy atom. The third-order valence-corrected chi connectivity index (χ3v) is 2.49. The van der Waals surface area contributed by atoms with Crippen molar-refractivity contribution in [3.63, 3.8) is 0 Å². The van der Waals surface area contributed by atoms with Crippen molar-refractivity contribution in [3.05, 3.63) is 35.4 Å². The van der Waals surface area contributed by atoms with E-state index in [0.717, 1.165) is 36.6 Å². The van der Waals surface area contributed by atoms with Crippen LogP contribution in [-0.2, 0) is 19.4 Å². The predicted octanol–water partition coefficient (Wildman–Crippen LogP) is 2.14. The summed E-state index contributed by atoms with van der Waals surface area (Å²) in [4.78, 5) is 11.2. The topological polar surface area (TPSA) is 29.0 Å². The molecule has 0 fully saturated rings. The van der Waals surface area contributed by atoms with Crippen LogP contribution in [0.4, 0.5) is 0 Å². The van der Waals surface area contributed by atoms with E-state index in [-0.39, 0.29) is 0 Å². The molecular formula is C13H21N3. The molecule has 0 bridgehead atoms. The Bertz CT molecular complexity index is 370. The van der Waals surface area contributed by atoms with Crippen molar-refractivity contribution in [2.75, 3.05) is 14.1 Å². The molecule has 0 aliphatic heterocycles. The fourth-order valence-electron chi connectivity index (χ4n) is 1.77.